The Kier molecular flexibility index (Phi) is 4.51. The fourth-order valence-electron chi connectivity index (χ4n) is 2.70. The van der Waals surface area contributed by atoms with Crippen molar-refractivity contribution >= 4 is 11.7 Å². The predicted molar refractivity (Wildman–Crippen MR) is 77.1 cm³/mol. The molecule has 0 radical (unpaired) electrons. The molecule has 0 atom stereocenters. The standard InChI is InChI=1S/C13H22N6O/c1-19(2)13(5-3-4-6-13)9-16-12(20)10-7-15-8-11(17-10)18-14/h7-8H,3-6,9,14H2,1-2H3,(H,16,20)(H,17,18). The van der Waals surface area contributed by atoms with E-state index < -0.39 is 0 Å². The average molecular weight is 278 g/mol. The molecule has 7 nitrogen and oxygen atoms in total. The second-order valence-corrected chi connectivity index (χ2v) is 5.44. The summed E-state index contributed by atoms with van der Waals surface area (Å²) in [6.45, 7) is 0.626. The van der Waals surface area contributed by atoms with E-state index in [0.29, 0.717) is 12.4 Å². The quantitative estimate of drug-likeness (QED) is 0.532. The third-order valence-electron chi connectivity index (χ3n) is 4.08. The molecule has 1 aliphatic carbocycles. The Hall–Kier alpha value is -1.73. The number of rotatable bonds is 5. The number of hydrogen-bond donors (Lipinski definition) is 3. The van der Waals surface area contributed by atoms with E-state index in [4.69, 9.17) is 5.84 Å². The van der Waals surface area contributed by atoms with Gasteiger partial charge in [-0.25, -0.2) is 10.8 Å². The van der Waals surface area contributed by atoms with Crippen molar-refractivity contribution in [3.63, 3.8) is 0 Å². The van der Waals surface area contributed by atoms with Crippen molar-refractivity contribution in [3.8, 4) is 0 Å². The number of nitrogens with zero attached hydrogens (tertiary/aromatic N) is 3. The Morgan fingerprint density at radius 1 is 1.40 bits per heavy atom. The molecule has 1 aliphatic rings. The van der Waals surface area contributed by atoms with E-state index in [-0.39, 0.29) is 17.1 Å². The molecule has 1 heterocycles. The first kappa shape index (κ1) is 14.7. The van der Waals surface area contributed by atoms with Gasteiger partial charge in [0, 0.05) is 12.1 Å². The predicted octanol–water partition coefficient (Wildman–Crippen LogP) is 0.366. The Bertz CT molecular complexity index is 470. The lowest BCUT2D eigenvalue weighted by Gasteiger charge is -2.36. The molecule has 0 unspecified atom stereocenters. The summed E-state index contributed by atoms with van der Waals surface area (Å²) in [5.41, 5.74) is 2.72. The van der Waals surface area contributed by atoms with Crippen LogP contribution in [0.4, 0.5) is 5.82 Å². The van der Waals surface area contributed by atoms with Crippen molar-refractivity contribution in [1.29, 1.82) is 0 Å². The van der Waals surface area contributed by atoms with Crippen LogP contribution in [0.5, 0.6) is 0 Å². The molecule has 0 saturated heterocycles. The lowest BCUT2D eigenvalue weighted by Crippen LogP contribution is -2.50. The van der Waals surface area contributed by atoms with Gasteiger partial charge in [0.25, 0.3) is 5.91 Å². The maximum absolute atomic E-state index is 12.1. The molecule has 1 fully saturated rings. The second kappa shape index (κ2) is 6.15. The Balaban J connectivity index is 2.00. The van der Waals surface area contributed by atoms with E-state index in [1.54, 1.807) is 0 Å². The molecule has 1 saturated carbocycles. The molecule has 0 aromatic carbocycles. The Morgan fingerprint density at radius 3 is 2.70 bits per heavy atom. The maximum atomic E-state index is 12.1. The highest BCUT2D eigenvalue weighted by atomic mass is 16.1. The summed E-state index contributed by atoms with van der Waals surface area (Å²) in [5.74, 6) is 5.42. The summed E-state index contributed by atoms with van der Waals surface area (Å²) in [5, 5.41) is 2.96. The zero-order chi connectivity index (χ0) is 14.6. The largest absolute Gasteiger partial charge is 0.349 e. The van der Waals surface area contributed by atoms with Crippen LogP contribution in [-0.4, -0.2) is 47.0 Å². The van der Waals surface area contributed by atoms with Gasteiger partial charge in [-0.2, -0.15) is 0 Å². The minimum atomic E-state index is -0.220. The van der Waals surface area contributed by atoms with E-state index in [2.05, 4.69) is 39.7 Å². The highest BCUT2D eigenvalue weighted by Crippen LogP contribution is 2.33. The molecule has 1 aromatic heterocycles. The summed E-state index contributed by atoms with van der Waals surface area (Å²) in [6, 6.07) is 0. The molecule has 4 N–H and O–H groups in total. The summed E-state index contributed by atoms with van der Waals surface area (Å²) in [4.78, 5) is 22.4. The molecule has 1 amide bonds. The Morgan fingerprint density at radius 2 is 2.10 bits per heavy atom. The smallest absolute Gasteiger partial charge is 0.271 e. The van der Waals surface area contributed by atoms with Gasteiger partial charge in [-0.05, 0) is 26.9 Å². The first-order valence-electron chi connectivity index (χ1n) is 6.82. The molecule has 0 spiro atoms. The number of nitrogen functional groups attached to an aromatic ring is 1. The van der Waals surface area contributed by atoms with E-state index in [0.717, 1.165) is 12.8 Å². The van der Waals surface area contributed by atoms with Gasteiger partial charge in [0.05, 0.1) is 12.4 Å². The van der Waals surface area contributed by atoms with Gasteiger partial charge in [-0.15, -0.1) is 0 Å². The molecule has 2 rings (SSSR count). The van der Waals surface area contributed by atoms with Crippen molar-refractivity contribution in [1.82, 2.24) is 20.2 Å². The van der Waals surface area contributed by atoms with Crippen molar-refractivity contribution < 1.29 is 4.79 Å². The van der Waals surface area contributed by atoms with E-state index >= 15 is 0 Å². The minimum absolute atomic E-state index is 0.0623. The zero-order valence-electron chi connectivity index (χ0n) is 12.0. The van der Waals surface area contributed by atoms with Gasteiger partial charge in [-0.1, -0.05) is 12.8 Å². The lowest BCUT2D eigenvalue weighted by atomic mass is 9.96. The van der Waals surface area contributed by atoms with Gasteiger partial charge < -0.3 is 15.6 Å². The molecule has 1 aromatic rings. The topological polar surface area (TPSA) is 96.2 Å². The third kappa shape index (κ3) is 3.05. The van der Waals surface area contributed by atoms with Crippen LogP contribution in [0.2, 0.25) is 0 Å². The van der Waals surface area contributed by atoms with Crippen LogP contribution in [0.25, 0.3) is 0 Å². The fourth-order valence-corrected chi connectivity index (χ4v) is 2.70. The fraction of sp³-hybridized carbons (Fsp3) is 0.615. The van der Waals surface area contributed by atoms with Gasteiger partial charge in [0.15, 0.2) is 5.82 Å². The highest BCUT2D eigenvalue weighted by Gasteiger charge is 2.36. The lowest BCUT2D eigenvalue weighted by molar-refractivity contribution is 0.0895. The highest BCUT2D eigenvalue weighted by molar-refractivity contribution is 5.92. The van der Waals surface area contributed by atoms with Crippen molar-refractivity contribution in [2.45, 2.75) is 31.2 Å². The number of nitrogens with two attached hydrogens (primary N) is 1. The number of amides is 1. The van der Waals surface area contributed by atoms with Crippen LogP contribution in [-0.2, 0) is 0 Å². The number of nitrogens with one attached hydrogen (secondary N) is 2. The number of anilines is 1. The molecular formula is C13H22N6O. The van der Waals surface area contributed by atoms with Crippen LogP contribution >= 0.6 is 0 Å². The molecule has 0 aliphatic heterocycles. The number of carbonyl (C=O) groups excluding carboxylic acids is 1. The monoisotopic (exact) mass is 278 g/mol. The number of likely N-dealkylation sites (N-methyl/N-ethyl adjacent to an activating group) is 1. The van der Waals surface area contributed by atoms with E-state index in [1.165, 1.54) is 25.2 Å². The van der Waals surface area contributed by atoms with Crippen LogP contribution < -0.4 is 16.6 Å². The summed E-state index contributed by atoms with van der Waals surface area (Å²) < 4.78 is 0. The number of carbonyl (C=O) groups is 1. The van der Waals surface area contributed by atoms with Crippen molar-refractivity contribution in [2.24, 2.45) is 5.84 Å². The van der Waals surface area contributed by atoms with Gasteiger partial charge in [-0.3, -0.25) is 9.78 Å². The summed E-state index contributed by atoms with van der Waals surface area (Å²) >= 11 is 0. The van der Waals surface area contributed by atoms with Crippen LogP contribution in [0.3, 0.4) is 0 Å². The van der Waals surface area contributed by atoms with Crippen molar-refractivity contribution in [2.75, 3.05) is 26.1 Å². The molecule has 110 valence electrons. The average Bonchev–Trinajstić information content (AvgIpc) is 2.95. The first-order valence-corrected chi connectivity index (χ1v) is 6.82. The van der Waals surface area contributed by atoms with Crippen molar-refractivity contribution in [3.05, 3.63) is 18.1 Å². The minimum Gasteiger partial charge on any atom is -0.349 e. The zero-order valence-corrected chi connectivity index (χ0v) is 12.0. The third-order valence-corrected chi connectivity index (χ3v) is 4.08. The van der Waals surface area contributed by atoms with Crippen LogP contribution in [0.15, 0.2) is 12.4 Å². The number of hydrogen-bond acceptors (Lipinski definition) is 6. The number of hydrazine groups is 1. The van der Waals surface area contributed by atoms with E-state index in [1.807, 2.05) is 0 Å². The SMILES string of the molecule is CN(C)C1(CNC(=O)c2cncc(NN)n2)CCCC1. The normalized spacial score (nSPS) is 17.2. The van der Waals surface area contributed by atoms with Crippen LogP contribution in [0.1, 0.15) is 36.2 Å². The summed E-state index contributed by atoms with van der Waals surface area (Å²) in [7, 11) is 4.13. The maximum Gasteiger partial charge on any atom is 0.271 e. The second-order valence-electron chi connectivity index (χ2n) is 5.44. The molecular weight excluding hydrogens is 256 g/mol. The van der Waals surface area contributed by atoms with Gasteiger partial charge >= 0.3 is 0 Å². The first-order chi connectivity index (χ1) is 9.57. The molecule has 7 heteroatoms. The van der Waals surface area contributed by atoms with Gasteiger partial charge in [0.1, 0.15) is 5.69 Å². The van der Waals surface area contributed by atoms with Crippen LogP contribution in [0, 0.1) is 0 Å². The molecule has 20 heavy (non-hydrogen) atoms. The van der Waals surface area contributed by atoms with E-state index in [9.17, 15) is 4.79 Å². The Labute approximate surface area is 118 Å². The molecule has 0 bridgehead atoms. The number of aromatic nitrogens is 2. The van der Waals surface area contributed by atoms with Gasteiger partial charge in [0.2, 0.25) is 0 Å². The summed E-state index contributed by atoms with van der Waals surface area (Å²) in [6.07, 6.45) is 7.54.